The average Bonchev–Trinajstić information content (AvgIpc) is 2.64. The van der Waals surface area contributed by atoms with Gasteiger partial charge in [-0.15, -0.1) is 0 Å². The summed E-state index contributed by atoms with van der Waals surface area (Å²) in [6, 6.07) is -0.796. The van der Waals surface area contributed by atoms with Gasteiger partial charge in [-0.05, 0) is 13.3 Å². The van der Waals surface area contributed by atoms with E-state index in [9.17, 15) is 4.79 Å². The summed E-state index contributed by atoms with van der Waals surface area (Å²) in [7, 11) is 1.77. The number of carbonyl (C=O) groups excluding carboxylic acids is 1. The van der Waals surface area contributed by atoms with Crippen molar-refractivity contribution in [2.24, 2.45) is 12.8 Å². The molecule has 0 saturated heterocycles. The number of carbonyl (C=O) groups is 1. The molecule has 16 heavy (non-hydrogen) atoms. The molecule has 0 fully saturated rings. The van der Waals surface area contributed by atoms with E-state index >= 15 is 0 Å². The van der Waals surface area contributed by atoms with Crippen LogP contribution in [0.3, 0.4) is 0 Å². The number of aliphatic hydroxyl groups excluding tert-OH is 1. The van der Waals surface area contributed by atoms with Gasteiger partial charge in [-0.3, -0.25) is 9.48 Å². The quantitative estimate of drug-likeness (QED) is 0.619. The van der Waals surface area contributed by atoms with Gasteiger partial charge in [0.2, 0.25) is 5.91 Å². The summed E-state index contributed by atoms with van der Waals surface area (Å²) in [6.07, 6.45) is 3.80. The van der Waals surface area contributed by atoms with E-state index in [2.05, 4.69) is 10.4 Å². The van der Waals surface area contributed by atoms with Gasteiger partial charge in [-0.1, -0.05) is 0 Å². The Morgan fingerprint density at radius 1 is 1.75 bits per heavy atom. The summed E-state index contributed by atoms with van der Waals surface area (Å²) in [6.45, 7) is 1.87. The minimum absolute atomic E-state index is 0.0452. The summed E-state index contributed by atoms with van der Waals surface area (Å²) >= 11 is 0. The van der Waals surface area contributed by atoms with E-state index in [1.165, 1.54) is 0 Å². The minimum atomic E-state index is -0.713. The zero-order valence-corrected chi connectivity index (χ0v) is 9.55. The molecule has 1 rings (SSSR count). The highest BCUT2D eigenvalue weighted by Gasteiger charge is 2.18. The first-order chi connectivity index (χ1) is 7.54. The molecule has 0 aromatic carbocycles. The van der Waals surface area contributed by atoms with Crippen molar-refractivity contribution in [3.63, 3.8) is 0 Å². The Labute approximate surface area is 94.4 Å². The molecule has 0 bridgehead atoms. The maximum Gasteiger partial charge on any atom is 0.241 e. The molecular formula is C10H18N4O2. The Kier molecular flexibility index (Phi) is 4.45. The highest BCUT2D eigenvalue weighted by atomic mass is 16.3. The van der Waals surface area contributed by atoms with E-state index in [0.717, 1.165) is 0 Å². The number of amides is 1. The van der Waals surface area contributed by atoms with Crippen molar-refractivity contribution in [1.29, 1.82) is 0 Å². The predicted octanol–water partition coefficient (Wildman–Crippen LogP) is -0.693. The standard InChI is InChI=1S/C10H18N4O2/c1-7(3-4-15)13-10(16)9(11)8-5-12-14(2)6-8/h5-7,9,15H,3-4,11H2,1-2H3,(H,13,16). The van der Waals surface area contributed by atoms with Gasteiger partial charge in [0, 0.05) is 31.5 Å². The van der Waals surface area contributed by atoms with Crippen LogP contribution in [0.25, 0.3) is 0 Å². The van der Waals surface area contributed by atoms with Gasteiger partial charge in [-0.2, -0.15) is 5.10 Å². The van der Waals surface area contributed by atoms with Crippen LogP contribution in [-0.2, 0) is 11.8 Å². The molecule has 2 unspecified atom stereocenters. The van der Waals surface area contributed by atoms with Crippen LogP contribution in [0.1, 0.15) is 24.9 Å². The molecule has 0 aliphatic heterocycles. The zero-order chi connectivity index (χ0) is 12.1. The number of nitrogens with two attached hydrogens (primary N) is 1. The molecule has 1 aromatic rings. The molecule has 1 aromatic heterocycles. The molecule has 0 radical (unpaired) electrons. The Morgan fingerprint density at radius 3 is 2.94 bits per heavy atom. The average molecular weight is 226 g/mol. The summed E-state index contributed by atoms with van der Waals surface area (Å²) in [4.78, 5) is 11.7. The van der Waals surface area contributed by atoms with Crippen molar-refractivity contribution >= 4 is 5.91 Å². The van der Waals surface area contributed by atoms with Gasteiger partial charge in [0.1, 0.15) is 6.04 Å². The third-order valence-electron chi connectivity index (χ3n) is 2.32. The fourth-order valence-corrected chi connectivity index (χ4v) is 1.35. The van der Waals surface area contributed by atoms with Gasteiger partial charge in [0.05, 0.1) is 6.20 Å². The Morgan fingerprint density at radius 2 is 2.44 bits per heavy atom. The van der Waals surface area contributed by atoms with Crippen LogP contribution in [0.4, 0.5) is 0 Å². The Balaban J connectivity index is 2.54. The molecule has 6 nitrogen and oxygen atoms in total. The molecule has 0 aliphatic rings. The van der Waals surface area contributed by atoms with Crippen molar-refractivity contribution in [3.05, 3.63) is 18.0 Å². The lowest BCUT2D eigenvalue weighted by Crippen LogP contribution is -2.39. The van der Waals surface area contributed by atoms with E-state index < -0.39 is 6.04 Å². The Bertz CT molecular complexity index is 350. The van der Waals surface area contributed by atoms with Crippen LogP contribution < -0.4 is 11.1 Å². The van der Waals surface area contributed by atoms with Crippen LogP contribution in [0.5, 0.6) is 0 Å². The fourth-order valence-electron chi connectivity index (χ4n) is 1.35. The second-order valence-corrected chi connectivity index (χ2v) is 3.85. The van der Waals surface area contributed by atoms with Crippen LogP contribution in [0.15, 0.2) is 12.4 Å². The van der Waals surface area contributed by atoms with Crippen LogP contribution in [-0.4, -0.2) is 33.4 Å². The first-order valence-corrected chi connectivity index (χ1v) is 5.20. The van der Waals surface area contributed by atoms with E-state index in [0.29, 0.717) is 12.0 Å². The highest BCUT2D eigenvalue weighted by Crippen LogP contribution is 2.08. The maximum atomic E-state index is 11.7. The van der Waals surface area contributed by atoms with E-state index in [-0.39, 0.29) is 18.6 Å². The van der Waals surface area contributed by atoms with E-state index in [1.807, 2.05) is 6.92 Å². The summed E-state index contributed by atoms with van der Waals surface area (Å²) in [5, 5.41) is 15.4. The molecular weight excluding hydrogens is 208 g/mol. The second-order valence-electron chi connectivity index (χ2n) is 3.85. The van der Waals surface area contributed by atoms with Gasteiger partial charge in [0.25, 0.3) is 0 Å². The molecule has 6 heteroatoms. The molecule has 90 valence electrons. The molecule has 2 atom stereocenters. The number of aliphatic hydroxyl groups is 1. The predicted molar refractivity (Wildman–Crippen MR) is 59.4 cm³/mol. The lowest BCUT2D eigenvalue weighted by Gasteiger charge is -2.15. The first kappa shape index (κ1) is 12.7. The van der Waals surface area contributed by atoms with Crippen molar-refractivity contribution in [1.82, 2.24) is 15.1 Å². The minimum Gasteiger partial charge on any atom is -0.396 e. The molecule has 1 heterocycles. The number of nitrogens with one attached hydrogen (secondary N) is 1. The van der Waals surface area contributed by atoms with Crippen LogP contribution in [0, 0.1) is 0 Å². The molecule has 1 amide bonds. The van der Waals surface area contributed by atoms with Crippen molar-refractivity contribution in [3.8, 4) is 0 Å². The third kappa shape index (κ3) is 3.32. The van der Waals surface area contributed by atoms with Gasteiger partial charge >= 0.3 is 0 Å². The maximum absolute atomic E-state index is 11.7. The second kappa shape index (κ2) is 5.62. The largest absolute Gasteiger partial charge is 0.396 e. The number of aromatic nitrogens is 2. The number of hydrogen-bond donors (Lipinski definition) is 3. The van der Waals surface area contributed by atoms with Crippen molar-refractivity contribution in [2.45, 2.75) is 25.4 Å². The molecule has 0 aliphatic carbocycles. The summed E-state index contributed by atoms with van der Waals surface area (Å²) in [5.74, 6) is -0.256. The van der Waals surface area contributed by atoms with E-state index in [1.54, 1.807) is 24.1 Å². The van der Waals surface area contributed by atoms with Crippen LogP contribution in [0.2, 0.25) is 0 Å². The van der Waals surface area contributed by atoms with Crippen molar-refractivity contribution in [2.75, 3.05) is 6.61 Å². The van der Waals surface area contributed by atoms with Gasteiger partial charge < -0.3 is 16.2 Å². The molecule has 0 spiro atoms. The normalized spacial score (nSPS) is 14.5. The number of aryl methyl sites for hydroxylation is 1. The monoisotopic (exact) mass is 226 g/mol. The highest BCUT2D eigenvalue weighted by molar-refractivity contribution is 5.82. The lowest BCUT2D eigenvalue weighted by molar-refractivity contribution is -0.123. The van der Waals surface area contributed by atoms with Crippen LogP contribution >= 0.6 is 0 Å². The Hall–Kier alpha value is -1.40. The topological polar surface area (TPSA) is 93.2 Å². The van der Waals surface area contributed by atoms with E-state index in [4.69, 9.17) is 10.8 Å². The van der Waals surface area contributed by atoms with Gasteiger partial charge in [-0.25, -0.2) is 0 Å². The number of rotatable bonds is 5. The first-order valence-electron chi connectivity index (χ1n) is 5.20. The van der Waals surface area contributed by atoms with Crippen molar-refractivity contribution < 1.29 is 9.90 Å². The third-order valence-corrected chi connectivity index (χ3v) is 2.32. The molecule has 0 saturated carbocycles. The fraction of sp³-hybridized carbons (Fsp3) is 0.600. The van der Waals surface area contributed by atoms with Gasteiger partial charge in [0.15, 0.2) is 0 Å². The summed E-state index contributed by atoms with van der Waals surface area (Å²) in [5.41, 5.74) is 6.45. The zero-order valence-electron chi connectivity index (χ0n) is 9.55. The lowest BCUT2D eigenvalue weighted by atomic mass is 10.1. The smallest absolute Gasteiger partial charge is 0.241 e. The number of hydrogen-bond acceptors (Lipinski definition) is 4. The SMILES string of the molecule is CC(CCO)NC(=O)C(N)c1cnn(C)c1. The molecule has 4 N–H and O–H groups in total. The summed E-state index contributed by atoms with van der Waals surface area (Å²) < 4.78 is 1.60. The number of nitrogens with zero attached hydrogens (tertiary/aromatic N) is 2.